The van der Waals surface area contributed by atoms with Gasteiger partial charge in [0.15, 0.2) is 0 Å². The van der Waals surface area contributed by atoms with Crippen molar-refractivity contribution in [3.05, 3.63) is 71.9 Å². The molecule has 0 aliphatic carbocycles. The van der Waals surface area contributed by atoms with Crippen LogP contribution in [-0.4, -0.2) is 0 Å². The van der Waals surface area contributed by atoms with Crippen LogP contribution in [0.2, 0.25) is 0 Å². The van der Waals surface area contributed by atoms with Gasteiger partial charge in [-0.25, -0.2) is 0 Å². The maximum absolute atomic E-state index is 6.08. The summed E-state index contributed by atoms with van der Waals surface area (Å²) in [5, 5.41) is 0.598. The minimum Gasteiger partial charge on any atom is -0.0987 e. The van der Waals surface area contributed by atoms with Crippen molar-refractivity contribution in [2.45, 2.75) is 13.8 Å². The van der Waals surface area contributed by atoms with Crippen molar-refractivity contribution in [1.29, 1.82) is 0 Å². The molecule has 0 N–H and O–H groups in total. The molecule has 1 heteroatoms. The fourth-order valence-electron chi connectivity index (χ4n) is 0.812. The van der Waals surface area contributed by atoms with Crippen LogP contribution in [0, 0.1) is 0 Å². The van der Waals surface area contributed by atoms with E-state index in [2.05, 4.69) is 26.3 Å². The average molecular weight is 221 g/mol. The Labute approximate surface area is 97.6 Å². The third kappa shape index (κ3) is 4.66. The molecule has 0 heterocycles. The van der Waals surface area contributed by atoms with Crippen molar-refractivity contribution < 1.29 is 0 Å². The Kier molecular flexibility index (Phi) is 5.73. The van der Waals surface area contributed by atoms with Crippen LogP contribution < -0.4 is 0 Å². The molecular weight excluding hydrogens is 204 g/mol. The molecule has 0 aliphatic rings. The van der Waals surface area contributed by atoms with Gasteiger partial charge in [-0.15, -0.1) is 0 Å². The Hall–Kier alpha value is -1.27. The first-order valence-electron chi connectivity index (χ1n) is 4.61. The van der Waals surface area contributed by atoms with Crippen LogP contribution in [0.5, 0.6) is 0 Å². The third-order valence-corrected chi connectivity index (χ3v) is 2.40. The van der Waals surface area contributed by atoms with Crippen LogP contribution >= 0.6 is 11.6 Å². The summed E-state index contributed by atoms with van der Waals surface area (Å²) in [6.07, 6.45) is 5.42. The molecule has 80 valence electrons. The molecule has 0 saturated carbocycles. The van der Waals surface area contributed by atoms with E-state index in [1.807, 2.05) is 26.0 Å². The van der Waals surface area contributed by atoms with Gasteiger partial charge in [0.2, 0.25) is 0 Å². The predicted octanol–water partition coefficient (Wildman–Crippen LogP) is 4.93. The van der Waals surface area contributed by atoms with E-state index in [4.69, 9.17) is 11.6 Å². The summed E-state index contributed by atoms with van der Waals surface area (Å²) in [4.78, 5) is 0. The molecule has 0 saturated heterocycles. The molecule has 0 nitrogen and oxygen atoms in total. The van der Waals surface area contributed by atoms with Gasteiger partial charge in [-0.2, -0.15) is 0 Å². The van der Waals surface area contributed by atoms with E-state index in [1.54, 1.807) is 6.08 Å². The van der Waals surface area contributed by atoms with Gasteiger partial charge < -0.3 is 0 Å². The molecule has 0 radical (unpaired) electrons. The van der Waals surface area contributed by atoms with Gasteiger partial charge in [-0.1, -0.05) is 61.7 Å². The largest absolute Gasteiger partial charge is 0.0987 e. The fourth-order valence-corrected chi connectivity index (χ4v) is 1.01. The zero-order valence-electron chi connectivity index (χ0n) is 9.44. The number of allylic oxidation sites excluding steroid dienone is 8. The van der Waals surface area contributed by atoms with E-state index in [9.17, 15) is 0 Å². The monoisotopic (exact) mass is 220 g/mol. The molecule has 0 aromatic heterocycles. The lowest BCUT2D eigenvalue weighted by atomic mass is 10.1. The van der Waals surface area contributed by atoms with Gasteiger partial charge in [0, 0.05) is 0 Å². The van der Waals surface area contributed by atoms with Gasteiger partial charge in [0.25, 0.3) is 0 Å². The Morgan fingerprint density at radius 3 is 2.00 bits per heavy atom. The number of rotatable bonds is 5. The van der Waals surface area contributed by atoms with Gasteiger partial charge >= 0.3 is 0 Å². The molecule has 0 bridgehead atoms. The molecular formula is C14H17Cl. The van der Waals surface area contributed by atoms with Gasteiger partial charge in [-0.3, -0.25) is 0 Å². The first-order chi connectivity index (χ1) is 6.90. The Balaban J connectivity index is 4.82. The number of hydrogen-bond acceptors (Lipinski definition) is 0. The SMILES string of the molecule is C=C/C(C)=C(/Cl)C(=C)C(=C)/C=C\C(=C)C. The van der Waals surface area contributed by atoms with Crippen molar-refractivity contribution in [2.24, 2.45) is 0 Å². The highest BCUT2D eigenvalue weighted by Gasteiger charge is 2.03. The van der Waals surface area contributed by atoms with Crippen LogP contribution in [0.4, 0.5) is 0 Å². The molecule has 0 rings (SSSR count). The van der Waals surface area contributed by atoms with Crippen molar-refractivity contribution in [3.8, 4) is 0 Å². The maximum Gasteiger partial charge on any atom is 0.0507 e. The quantitative estimate of drug-likeness (QED) is 0.577. The fraction of sp³-hybridized carbons (Fsp3) is 0.143. The second-order valence-electron chi connectivity index (χ2n) is 3.38. The molecule has 0 fully saturated rings. The van der Waals surface area contributed by atoms with Gasteiger partial charge in [-0.05, 0) is 30.6 Å². The predicted molar refractivity (Wildman–Crippen MR) is 71.0 cm³/mol. The number of halogens is 1. The Morgan fingerprint density at radius 2 is 1.60 bits per heavy atom. The summed E-state index contributed by atoms with van der Waals surface area (Å²) in [6.45, 7) is 19.0. The third-order valence-electron chi connectivity index (χ3n) is 1.87. The average Bonchev–Trinajstić information content (AvgIpc) is 2.22. The minimum absolute atomic E-state index is 0.598. The number of hydrogen-bond donors (Lipinski definition) is 0. The topological polar surface area (TPSA) is 0 Å². The van der Waals surface area contributed by atoms with E-state index in [-0.39, 0.29) is 0 Å². The molecule has 0 spiro atoms. The van der Waals surface area contributed by atoms with Crippen LogP contribution in [-0.2, 0) is 0 Å². The summed E-state index contributed by atoms with van der Waals surface area (Å²) in [6, 6.07) is 0. The lowest BCUT2D eigenvalue weighted by Crippen LogP contribution is -1.86. The summed E-state index contributed by atoms with van der Waals surface area (Å²) < 4.78 is 0. The van der Waals surface area contributed by atoms with Crippen LogP contribution in [0.1, 0.15) is 13.8 Å². The van der Waals surface area contributed by atoms with Crippen molar-refractivity contribution in [3.63, 3.8) is 0 Å². The molecule has 0 unspecified atom stereocenters. The normalized spacial score (nSPS) is 12.2. The van der Waals surface area contributed by atoms with Gasteiger partial charge in [0.1, 0.15) is 0 Å². The van der Waals surface area contributed by atoms with E-state index < -0.39 is 0 Å². The highest BCUT2D eigenvalue weighted by Crippen LogP contribution is 2.24. The smallest absolute Gasteiger partial charge is 0.0507 e. The summed E-state index contributed by atoms with van der Waals surface area (Å²) in [5.74, 6) is 0. The van der Waals surface area contributed by atoms with E-state index in [0.717, 1.165) is 16.7 Å². The zero-order valence-corrected chi connectivity index (χ0v) is 10.2. The Morgan fingerprint density at radius 1 is 1.07 bits per heavy atom. The van der Waals surface area contributed by atoms with E-state index in [1.165, 1.54) is 0 Å². The zero-order chi connectivity index (χ0) is 12.0. The van der Waals surface area contributed by atoms with Crippen molar-refractivity contribution >= 4 is 11.6 Å². The molecule has 15 heavy (non-hydrogen) atoms. The highest BCUT2D eigenvalue weighted by molar-refractivity contribution is 6.33. The second-order valence-corrected chi connectivity index (χ2v) is 3.76. The van der Waals surface area contributed by atoms with Crippen molar-refractivity contribution in [2.75, 3.05) is 0 Å². The summed E-state index contributed by atoms with van der Waals surface area (Å²) in [5.41, 5.74) is 3.35. The molecule has 0 amide bonds. The summed E-state index contributed by atoms with van der Waals surface area (Å²) >= 11 is 6.08. The molecule has 0 atom stereocenters. The lowest BCUT2D eigenvalue weighted by Gasteiger charge is -2.06. The second kappa shape index (κ2) is 6.26. The van der Waals surface area contributed by atoms with E-state index in [0.29, 0.717) is 10.6 Å². The maximum atomic E-state index is 6.08. The molecule has 0 aliphatic heterocycles. The lowest BCUT2D eigenvalue weighted by molar-refractivity contribution is 1.44. The van der Waals surface area contributed by atoms with Gasteiger partial charge in [0.05, 0.1) is 5.03 Å². The van der Waals surface area contributed by atoms with Crippen LogP contribution in [0.15, 0.2) is 71.9 Å². The van der Waals surface area contributed by atoms with Crippen LogP contribution in [0.3, 0.4) is 0 Å². The van der Waals surface area contributed by atoms with E-state index >= 15 is 0 Å². The van der Waals surface area contributed by atoms with Crippen LogP contribution in [0.25, 0.3) is 0 Å². The standard InChI is InChI=1S/C14H17Cl/c1-7-11(4)14(15)13(6)12(5)9-8-10(2)3/h7-9H,1-2,5-6H2,3-4H3/b9-8-,14-11+. The minimum atomic E-state index is 0.598. The Bertz CT molecular complexity index is 365. The summed E-state index contributed by atoms with van der Waals surface area (Å²) in [7, 11) is 0. The van der Waals surface area contributed by atoms with Crippen molar-refractivity contribution in [1.82, 2.24) is 0 Å². The first-order valence-corrected chi connectivity index (χ1v) is 4.99. The first kappa shape index (κ1) is 13.7. The molecule has 0 aromatic carbocycles. The molecule has 0 aromatic rings. The highest BCUT2D eigenvalue weighted by atomic mass is 35.5.